The van der Waals surface area contributed by atoms with Crippen molar-refractivity contribution >= 4 is 33.2 Å². The number of hydrogen-bond acceptors (Lipinski definition) is 4. The van der Waals surface area contributed by atoms with E-state index in [-0.39, 0.29) is 12.5 Å². The average Bonchev–Trinajstić information content (AvgIpc) is 2.36. The number of benzene rings is 1. The van der Waals surface area contributed by atoms with Crippen LogP contribution in [0.3, 0.4) is 0 Å². The van der Waals surface area contributed by atoms with Gasteiger partial charge in [-0.3, -0.25) is 9.10 Å². The highest BCUT2D eigenvalue weighted by Gasteiger charge is 2.34. The van der Waals surface area contributed by atoms with Crippen molar-refractivity contribution in [2.75, 3.05) is 23.7 Å². The lowest BCUT2D eigenvalue weighted by molar-refractivity contribution is -0.127. The van der Waals surface area contributed by atoms with E-state index < -0.39 is 16.1 Å². The summed E-state index contributed by atoms with van der Waals surface area (Å²) in [4.78, 5) is 11.9. The van der Waals surface area contributed by atoms with Gasteiger partial charge in [0.25, 0.3) is 5.91 Å². The molecular weight excluding hydrogens is 304 g/mol. The van der Waals surface area contributed by atoms with Crippen molar-refractivity contribution in [1.82, 2.24) is 5.32 Å². The van der Waals surface area contributed by atoms with Crippen molar-refractivity contribution in [2.24, 2.45) is 0 Å². The minimum absolute atomic E-state index is 0.0714. The fourth-order valence-electron chi connectivity index (χ4n) is 1.96. The van der Waals surface area contributed by atoms with Crippen molar-refractivity contribution in [3.8, 4) is 5.75 Å². The van der Waals surface area contributed by atoms with Crippen LogP contribution in [0.2, 0.25) is 5.02 Å². The molecule has 1 heterocycles. The summed E-state index contributed by atoms with van der Waals surface area (Å²) in [5.74, 6) is -0.0240. The molecule has 0 bridgehead atoms. The van der Waals surface area contributed by atoms with Gasteiger partial charge in [0.15, 0.2) is 6.10 Å². The molecule has 1 aromatic rings. The van der Waals surface area contributed by atoms with E-state index in [4.69, 9.17) is 16.3 Å². The van der Waals surface area contributed by atoms with Crippen LogP contribution >= 0.6 is 11.6 Å². The lowest BCUT2D eigenvalue weighted by Crippen LogP contribution is -2.50. The Hall–Kier alpha value is -1.47. The monoisotopic (exact) mass is 318 g/mol. The zero-order chi connectivity index (χ0) is 14.9. The number of rotatable bonds is 3. The molecule has 110 valence electrons. The molecule has 1 aromatic carbocycles. The van der Waals surface area contributed by atoms with Crippen LogP contribution in [0.15, 0.2) is 18.2 Å². The van der Waals surface area contributed by atoms with Crippen LogP contribution in [0.5, 0.6) is 5.75 Å². The summed E-state index contributed by atoms with van der Waals surface area (Å²) >= 11 is 5.88. The number of anilines is 1. The number of fused-ring (bicyclic) bond motifs is 1. The zero-order valence-corrected chi connectivity index (χ0v) is 12.7. The van der Waals surface area contributed by atoms with Crippen LogP contribution in [-0.2, 0) is 14.8 Å². The molecule has 1 aliphatic rings. The Morgan fingerprint density at radius 3 is 2.85 bits per heavy atom. The topological polar surface area (TPSA) is 75.7 Å². The van der Waals surface area contributed by atoms with Gasteiger partial charge in [-0.05, 0) is 25.1 Å². The van der Waals surface area contributed by atoms with E-state index in [9.17, 15) is 13.2 Å². The van der Waals surface area contributed by atoms with E-state index >= 15 is 0 Å². The van der Waals surface area contributed by atoms with Gasteiger partial charge in [0.1, 0.15) is 5.75 Å². The molecular formula is C12H15ClN2O4S. The first-order valence-electron chi connectivity index (χ1n) is 6.04. The van der Waals surface area contributed by atoms with Gasteiger partial charge in [0.2, 0.25) is 10.0 Å². The molecule has 20 heavy (non-hydrogen) atoms. The van der Waals surface area contributed by atoms with Gasteiger partial charge in [0.05, 0.1) is 18.5 Å². The average molecular weight is 319 g/mol. The molecule has 8 heteroatoms. The molecule has 1 unspecified atom stereocenters. The fraction of sp³-hybridized carbons (Fsp3) is 0.417. The summed E-state index contributed by atoms with van der Waals surface area (Å²) in [6, 6.07) is 4.65. The predicted octanol–water partition coefficient (Wildman–Crippen LogP) is 1.00. The SMILES string of the molecule is CCNC(=O)C1CN(S(C)(=O)=O)c2cc(Cl)ccc2O1. The Bertz CT molecular complexity index is 632. The van der Waals surface area contributed by atoms with E-state index in [0.717, 1.165) is 10.6 Å². The maximum Gasteiger partial charge on any atom is 0.262 e. The summed E-state index contributed by atoms with van der Waals surface area (Å²) < 4.78 is 30.5. The smallest absolute Gasteiger partial charge is 0.262 e. The Balaban J connectivity index is 2.42. The molecule has 0 radical (unpaired) electrons. The van der Waals surface area contributed by atoms with Gasteiger partial charge < -0.3 is 10.1 Å². The first-order valence-corrected chi connectivity index (χ1v) is 8.27. The number of amides is 1. The van der Waals surface area contributed by atoms with Crippen molar-refractivity contribution in [2.45, 2.75) is 13.0 Å². The summed E-state index contributed by atoms with van der Waals surface area (Å²) in [5.41, 5.74) is 0.348. The Labute approximate surface area is 122 Å². The molecule has 0 saturated carbocycles. The Morgan fingerprint density at radius 2 is 2.25 bits per heavy atom. The highest BCUT2D eigenvalue weighted by molar-refractivity contribution is 7.92. The highest BCUT2D eigenvalue weighted by atomic mass is 35.5. The van der Waals surface area contributed by atoms with Gasteiger partial charge >= 0.3 is 0 Å². The molecule has 0 aromatic heterocycles. The van der Waals surface area contributed by atoms with E-state index in [0.29, 0.717) is 23.0 Å². The second-order valence-corrected chi connectivity index (χ2v) is 6.75. The quantitative estimate of drug-likeness (QED) is 0.902. The molecule has 1 aliphatic heterocycles. The molecule has 0 aliphatic carbocycles. The van der Waals surface area contributed by atoms with E-state index in [1.807, 2.05) is 0 Å². The van der Waals surface area contributed by atoms with Gasteiger partial charge in [-0.2, -0.15) is 0 Å². The minimum atomic E-state index is -3.52. The maximum atomic E-state index is 11.9. The van der Waals surface area contributed by atoms with Crippen molar-refractivity contribution in [3.63, 3.8) is 0 Å². The Kier molecular flexibility index (Phi) is 4.10. The normalized spacial score (nSPS) is 18.1. The second-order valence-electron chi connectivity index (χ2n) is 4.41. The van der Waals surface area contributed by atoms with Crippen LogP contribution in [-0.4, -0.2) is 39.8 Å². The number of nitrogens with one attached hydrogen (secondary N) is 1. The predicted molar refractivity (Wildman–Crippen MR) is 76.7 cm³/mol. The lowest BCUT2D eigenvalue weighted by Gasteiger charge is -2.33. The van der Waals surface area contributed by atoms with E-state index in [1.165, 1.54) is 6.07 Å². The van der Waals surface area contributed by atoms with Crippen LogP contribution in [0, 0.1) is 0 Å². The first kappa shape index (κ1) is 14.9. The molecule has 1 amide bonds. The zero-order valence-electron chi connectivity index (χ0n) is 11.1. The van der Waals surface area contributed by atoms with Crippen molar-refractivity contribution in [1.29, 1.82) is 0 Å². The molecule has 0 spiro atoms. The molecule has 1 N–H and O–H groups in total. The molecule has 0 saturated heterocycles. The van der Waals surface area contributed by atoms with Crippen LogP contribution < -0.4 is 14.4 Å². The number of nitrogens with zero attached hydrogens (tertiary/aromatic N) is 1. The summed E-state index contributed by atoms with van der Waals surface area (Å²) in [7, 11) is -3.52. The van der Waals surface area contributed by atoms with Gasteiger partial charge in [0, 0.05) is 11.6 Å². The minimum Gasteiger partial charge on any atom is -0.476 e. The standard InChI is InChI=1S/C12H15ClN2O4S/c1-3-14-12(16)11-7-15(20(2,17)18)9-6-8(13)4-5-10(9)19-11/h4-6,11H,3,7H2,1-2H3,(H,14,16). The number of halogens is 1. The highest BCUT2D eigenvalue weighted by Crippen LogP contribution is 2.36. The van der Waals surface area contributed by atoms with Crippen LogP contribution in [0.25, 0.3) is 0 Å². The van der Waals surface area contributed by atoms with E-state index in [2.05, 4.69) is 5.32 Å². The third-order valence-electron chi connectivity index (χ3n) is 2.83. The van der Waals surface area contributed by atoms with Crippen molar-refractivity contribution < 1.29 is 17.9 Å². The summed E-state index contributed by atoms with van der Waals surface area (Å²) in [6.45, 7) is 2.16. The van der Waals surface area contributed by atoms with Crippen molar-refractivity contribution in [3.05, 3.63) is 23.2 Å². The number of likely N-dealkylation sites (N-methyl/N-ethyl adjacent to an activating group) is 1. The number of hydrogen-bond donors (Lipinski definition) is 1. The second kappa shape index (κ2) is 5.49. The molecule has 2 rings (SSSR count). The van der Waals surface area contributed by atoms with Gasteiger partial charge in [-0.1, -0.05) is 11.6 Å². The number of carbonyl (C=O) groups is 1. The molecule has 1 atom stereocenters. The van der Waals surface area contributed by atoms with E-state index in [1.54, 1.807) is 19.1 Å². The molecule has 0 fully saturated rings. The molecule has 6 nitrogen and oxygen atoms in total. The third kappa shape index (κ3) is 2.99. The first-order chi connectivity index (χ1) is 9.32. The van der Waals surface area contributed by atoms with Crippen LogP contribution in [0.1, 0.15) is 6.92 Å². The lowest BCUT2D eigenvalue weighted by atomic mass is 10.2. The number of sulfonamides is 1. The number of carbonyl (C=O) groups excluding carboxylic acids is 1. The van der Waals surface area contributed by atoms with Gasteiger partial charge in [-0.15, -0.1) is 0 Å². The largest absolute Gasteiger partial charge is 0.476 e. The maximum absolute atomic E-state index is 11.9. The third-order valence-corrected chi connectivity index (χ3v) is 4.22. The summed E-state index contributed by atoms with van der Waals surface area (Å²) in [5, 5.41) is 3.02. The summed E-state index contributed by atoms with van der Waals surface area (Å²) in [6.07, 6.45) is 0.205. The van der Waals surface area contributed by atoms with Crippen LogP contribution in [0.4, 0.5) is 5.69 Å². The van der Waals surface area contributed by atoms with Gasteiger partial charge in [-0.25, -0.2) is 8.42 Å². The fourth-order valence-corrected chi connectivity index (χ4v) is 3.04. The number of ether oxygens (including phenoxy) is 1. The Morgan fingerprint density at radius 1 is 1.55 bits per heavy atom.